The Bertz CT molecular complexity index is 590. The zero-order valence-corrected chi connectivity index (χ0v) is 10.8. The zero-order valence-electron chi connectivity index (χ0n) is 10.8. The van der Waals surface area contributed by atoms with Crippen LogP contribution < -0.4 is 11.4 Å². The van der Waals surface area contributed by atoms with Crippen molar-refractivity contribution in [1.29, 1.82) is 0 Å². The second-order valence-corrected chi connectivity index (χ2v) is 4.46. The minimum atomic E-state index is -1.17. The van der Waals surface area contributed by atoms with Crippen molar-refractivity contribution in [3.8, 4) is 0 Å². The summed E-state index contributed by atoms with van der Waals surface area (Å²) in [5, 5.41) is 9.90. The van der Waals surface area contributed by atoms with Gasteiger partial charge in [0.1, 0.15) is 6.10 Å². The standard InChI is InChI=1S/C11H14FN3O5/c1-4-7(17)8(20-5(2)16)10(19-4)15-3-6(12)9(13)14-11(15)18/h3-4,7-8,10,17H,1-2H3,(H2,13,14,18)/t4-,7-,8-,10-/m1/s1. The molecule has 8 nitrogen and oxygen atoms in total. The molecule has 1 saturated heterocycles. The topological polar surface area (TPSA) is 117 Å². The highest BCUT2D eigenvalue weighted by Gasteiger charge is 2.45. The molecular weight excluding hydrogens is 273 g/mol. The highest BCUT2D eigenvalue weighted by atomic mass is 19.1. The number of nitrogens with two attached hydrogens (primary N) is 1. The van der Waals surface area contributed by atoms with E-state index in [1.807, 2.05) is 0 Å². The average Bonchev–Trinajstić information content (AvgIpc) is 2.61. The Balaban J connectivity index is 2.42. The van der Waals surface area contributed by atoms with Gasteiger partial charge in [0.05, 0.1) is 12.3 Å². The first-order valence-corrected chi connectivity index (χ1v) is 5.86. The van der Waals surface area contributed by atoms with Crippen molar-refractivity contribution in [2.24, 2.45) is 0 Å². The molecule has 0 unspecified atom stereocenters. The number of anilines is 1. The number of aliphatic hydroxyl groups is 1. The molecular formula is C11H14FN3O5. The number of aliphatic hydroxyl groups excluding tert-OH is 1. The molecule has 1 aliphatic rings. The van der Waals surface area contributed by atoms with Crippen molar-refractivity contribution in [3.63, 3.8) is 0 Å². The monoisotopic (exact) mass is 287 g/mol. The number of nitrogens with zero attached hydrogens (tertiary/aromatic N) is 2. The Morgan fingerprint density at radius 1 is 1.65 bits per heavy atom. The summed E-state index contributed by atoms with van der Waals surface area (Å²) in [5.74, 6) is -2.11. The van der Waals surface area contributed by atoms with Crippen LogP contribution in [0.25, 0.3) is 0 Å². The Morgan fingerprint density at radius 3 is 2.90 bits per heavy atom. The van der Waals surface area contributed by atoms with E-state index in [1.54, 1.807) is 0 Å². The fourth-order valence-electron chi connectivity index (χ4n) is 2.00. The van der Waals surface area contributed by atoms with E-state index in [2.05, 4.69) is 4.98 Å². The van der Waals surface area contributed by atoms with Crippen molar-refractivity contribution in [2.45, 2.75) is 38.4 Å². The number of aromatic nitrogens is 2. The molecule has 20 heavy (non-hydrogen) atoms. The number of carbonyl (C=O) groups is 1. The number of carbonyl (C=O) groups excluding carboxylic acids is 1. The molecule has 0 radical (unpaired) electrons. The van der Waals surface area contributed by atoms with E-state index in [4.69, 9.17) is 15.2 Å². The lowest BCUT2D eigenvalue weighted by atomic mass is 10.1. The molecule has 3 N–H and O–H groups in total. The fourth-order valence-corrected chi connectivity index (χ4v) is 2.00. The van der Waals surface area contributed by atoms with Crippen LogP contribution in [0.1, 0.15) is 20.1 Å². The largest absolute Gasteiger partial charge is 0.455 e. The molecule has 0 spiro atoms. The van der Waals surface area contributed by atoms with Gasteiger partial charge in [-0.15, -0.1) is 0 Å². The third kappa shape index (κ3) is 2.49. The molecule has 0 bridgehead atoms. The highest BCUT2D eigenvalue weighted by molar-refractivity contribution is 5.66. The maximum atomic E-state index is 13.4. The molecule has 2 heterocycles. The summed E-state index contributed by atoms with van der Waals surface area (Å²) in [5.41, 5.74) is 4.31. The number of nitrogen functional groups attached to an aromatic ring is 1. The predicted octanol–water partition coefficient (Wildman–Crippen LogP) is -0.826. The Kier molecular flexibility index (Phi) is 3.73. The normalized spacial score (nSPS) is 29.4. The lowest BCUT2D eigenvalue weighted by molar-refractivity contribution is -0.156. The minimum absolute atomic E-state index is 0.540. The zero-order chi connectivity index (χ0) is 15.0. The van der Waals surface area contributed by atoms with Crippen LogP contribution in [0.5, 0.6) is 0 Å². The predicted molar refractivity (Wildman–Crippen MR) is 64.0 cm³/mol. The molecule has 2 rings (SSSR count). The lowest BCUT2D eigenvalue weighted by Crippen LogP contribution is -2.38. The SMILES string of the molecule is CC(=O)O[C@@H]1[C@H](O)[C@@H](C)O[C@H]1n1cc(F)c(N)nc1=O. The average molecular weight is 287 g/mol. The van der Waals surface area contributed by atoms with E-state index in [-0.39, 0.29) is 0 Å². The molecule has 1 fully saturated rings. The van der Waals surface area contributed by atoms with Crippen LogP contribution in [-0.2, 0) is 14.3 Å². The summed E-state index contributed by atoms with van der Waals surface area (Å²) in [4.78, 5) is 26.1. The van der Waals surface area contributed by atoms with Crippen molar-refractivity contribution in [1.82, 2.24) is 9.55 Å². The number of halogens is 1. The van der Waals surface area contributed by atoms with Crippen molar-refractivity contribution in [2.75, 3.05) is 5.73 Å². The summed E-state index contributed by atoms with van der Waals surface area (Å²) in [7, 11) is 0. The number of hydrogen-bond acceptors (Lipinski definition) is 7. The Labute approximate surface area is 112 Å². The number of ether oxygens (including phenoxy) is 2. The third-order valence-electron chi connectivity index (χ3n) is 2.96. The minimum Gasteiger partial charge on any atom is -0.455 e. The van der Waals surface area contributed by atoms with E-state index >= 15 is 0 Å². The number of hydrogen-bond donors (Lipinski definition) is 2. The summed E-state index contributed by atoms with van der Waals surface area (Å²) >= 11 is 0. The van der Waals surface area contributed by atoms with Crippen molar-refractivity contribution >= 4 is 11.8 Å². The van der Waals surface area contributed by atoms with Crippen LogP contribution >= 0.6 is 0 Å². The fraction of sp³-hybridized carbons (Fsp3) is 0.545. The lowest BCUT2D eigenvalue weighted by Gasteiger charge is -2.21. The van der Waals surface area contributed by atoms with Gasteiger partial charge in [-0.3, -0.25) is 9.36 Å². The van der Waals surface area contributed by atoms with Crippen LogP contribution in [0.15, 0.2) is 11.0 Å². The van der Waals surface area contributed by atoms with Crippen LogP contribution in [0, 0.1) is 5.82 Å². The molecule has 0 saturated carbocycles. The molecule has 1 aromatic heterocycles. The molecule has 0 amide bonds. The molecule has 110 valence electrons. The molecule has 9 heteroatoms. The van der Waals surface area contributed by atoms with Gasteiger partial charge in [0.25, 0.3) is 0 Å². The van der Waals surface area contributed by atoms with Gasteiger partial charge in [0.15, 0.2) is 24.0 Å². The van der Waals surface area contributed by atoms with Crippen LogP contribution in [0.2, 0.25) is 0 Å². The summed E-state index contributed by atoms with van der Waals surface area (Å²) < 4.78 is 24.5. The van der Waals surface area contributed by atoms with Gasteiger partial charge >= 0.3 is 11.7 Å². The maximum Gasteiger partial charge on any atom is 0.351 e. The first-order chi connectivity index (χ1) is 9.31. The van der Waals surface area contributed by atoms with Crippen molar-refractivity contribution in [3.05, 3.63) is 22.5 Å². The van der Waals surface area contributed by atoms with Gasteiger partial charge in [0.2, 0.25) is 0 Å². The molecule has 0 aliphatic carbocycles. The third-order valence-corrected chi connectivity index (χ3v) is 2.96. The maximum absolute atomic E-state index is 13.4. The van der Waals surface area contributed by atoms with Crippen molar-refractivity contribution < 1.29 is 23.8 Å². The van der Waals surface area contributed by atoms with Gasteiger partial charge < -0.3 is 20.3 Å². The molecule has 1 aromatic rings. The van der Waals surface area contributed by atoms with Crippen LogP contribution in [-0.4, -0.2) is 38.9 Å². The Hall–Kier alpha value is -2.00. The van der Waals surface area contributed by atoms with E-state index in [9.17, 15) is 19.1 Å². The van der Waals surface area contributed by atoms with Gasteiger partial charge in [-0.2, -0.15) is 4.98 Å². The molecule has 4 atom stereocenters. The van der Waals surface area contributed by atoms with Crippen LogP contribution in [0.3, 0.4) is 0 Å². The smallest absolute Gasteiger partial charge is 0.351 e. The summed E-state index contributed by atoms with van der Waals surface area (Å²) in [6, 6.07) is 0. The molecule has 0 aromatic carbocycles. The van der Waals surface area contributed by atoms with E-state index in [0.717, 1.165) is 17.7 Å². The first kappa shape index (κ1) is 14.4. The van der Waals surface area contributed by atoms with Gasteiger partial charge in [-0.05, 0) is 6.92 Å². The highest BCUT2D eigenvalue weighted by Crippen LogP contribution is 2.30. The number of esters is 1. The van der Waals surface area contributed by atoms with E-state index in [0.29, 0.717) is 0 Å². The van der Waals surface area contributed by atoms with Gasteiger partial charge in [-0.25, -0.2) is 9.18 Å². The summed E-state index contributed by atoms with van der Waals surface area (Å²) in [6.45, 7) is 2.69. The second kappa shape index (κ2) is 5.17. The van der Waals surface area contributed by atoms with Gasteiger partial charge in [0, 0.05) is 6.92 Å². The van der Waals surface area contributed by atoms with Crippen LogP contribution in [0.4, 0.5) is 10.2 Å². The quantitative estimate of drug-likeness (QED) is 0.682. The summed E-state index contributed by atoms with van der Waals surface area (Å²) in [6.07, 6.45) is -3.34. The van der Waals surface area contributed by atoms with E-state index < -0.39 is 47.8 Å². The molecule has 1 aliphatic heterocycles. The number of rotatable bonds is 2. The second-order valence-electron chi connectivity index (χ2n) is 4.46. The van der Waals surface area contributed by atoms with Gasteiger partial charge in [-0.1, -0.05) is 0 Å². The Morgan fingerprint density at radius 2 is 2.30 bits per heavy atom. The van der Waals surface area contributed by atoms with E-state index in [1.165, 1.54) is 6.92 Å². The first-order valence-electron chi connectivity index (χ1n) is 5.86.